The van der Waals surface area contributed by atoms with Gasteiger partial charge in [-0.3, -0.25) is 4.79 Å². The number of benzene rings is 2. The molecule has 0 bridgehead atoms. The molecule has 2 aromatic carbocycles. The van der Waals surface area contributed by atoms with Crippen LogP contribution in [-0.4, -0.2) is 12.0 Å². The van der Waals surface area contributed by atoms with Crippen LogP contribution in [0.15, 0.2) is 54.6 Å². The summed E-state index contributed by atoms with van der Waals surface area (Å²) in [6.45, 7) is 0. The summed E-state index contributed by atoms with van der Waals surface area (Å²) in [6.07, 6.45) is -5.07. The molecule has 1 aliphatic carbocycles. The predicted octanol–water partition coefficient (Wildman–Crippen LogP) is 4.12. The van der Waals surface area contributed by atoms with Crippen molar-refractivity contribution in [2.45, 2.75) is 18.0 Å². The van der Waals surface area contributed by atoms with Gasteiger partial charge in [0.25, 0.3) is 0 Å². The number of carbonyl (C=O) groups excluding carboxylic acids is 1. The number of ketones is 1. The van der Waals surface area contributed by atoms with E-state index in [9.17, 15) is 18.0 Å². The van der Waals surface area contributed by atoms with Crippen LogP contribution in [0.4, 0.5) is 13.2 Å². The Hall–Kier alpha value is -2.10. The maximum atomic E-state index is 13.8. The normalized spacial score (nSPS) is 21.9. The highest BCUT2D eigenvalue weighted by Gasteiger charge is 2.61. The molecule has 1 aliphatic rings. The molecule has 1 atom stereocenters. The summed E-state index contributed by atoms with van der Waals surface area (Å²) in [5.41, 5.74) is -1.87. The fourth-order valence-electron chi connectivity index (χ4n) is 2.93. The van der Waals surface area contributed by atoms with E-state index in [4.69, 9.17) is 0 Å². The molecule has 3 rings (SSSR count). The van der Waals surface area contributed by atoms with Crippen LogP contribution in [0, 0.1) is 0 Å². The van der Waals surface area contributed by atoms with E-state index in [1.807, 2.05) is 0 Å². The van der Waals surface area contributed by atoms with Gasteiger partial charge in [0.05, 0.1) is 0 Å². The van der Waals surface area contributed by atoms with Crippen LogP contribution >= 0.6 is 0 Å². The minimum absolute atomic E-state index is 0.0590. The molecule has 0 saturated carbocycles. The third-order valence-electron chi connectivity index (χ3n) is 3.86. The molecule has 1 unspecified atom stereocenters. The van der Waals surface area contributed by atoms with Crippen LogP contribution in [0.1, 0.15) is 27.9 Å². The van der Waals surface area contributed by atoms with Crippen molar-refractivity contribution >= 4 is 5.78 Å². The molecule has 0 aromatic heterocycles. The van der Waals surface area contributed by atoms with E-state index < -0.39 is 23.8 Å². The topological polar surface area (TPSA) is 17.1 Å². The molecule has 1 nitrogen and oxygen atoms in total. The first kappa shape index (κ1) is 12.9. The van der Waals surface area contributed by atoms with Crippen molar-refractivity contribution in [3.8, 4) is 0 Å². The number of fused-ring (bicyclic) bond motifs is 1. The third kappa shape index (κ3) is 1.60. The number of hydrogen-bond donors (Lipinski definition) is 0. The van der Waals surface area contributed by atoms with E-state index in [1.54, 1.807) is 30.3 Å². The van der Waals surface area contributed by atoms with Gasteiger partial charge in [-0.15, -0.1) is 0 Å². The van der Waals surface area contributed by atoms with E-state index in [0.717, 1.165) is 0 Å². The standard InChI is InChI=1S/C16H11F3O/c17-16(18,19)15(11-6-2-1-3-7-11)10-14(20)12-8-4-5-9-13(12)15/h1-9H,10H2. The Bertz CT molecular complexity index is 661. The van der Waals surface area contributed by atoms with E-state index in [2.05, 4.69) is 0 Å². The van der Waals surface area contributed by atoms with E-state index in [1.165, 1.54) is 24.3 Å². The second-order valence-corrected chi connectivity index (χ2v) is 4.91. The van der Waals surface area contributed by atoms with E-state index >= 15 is 0 Å². The average Bonchev–Trinajstić information content (AvgIpc) is 2.75. The highest BCUT2D eigenvalue weighted by atomic mass is 19.4. The fraction of sp³-hybridized carbons (Fsp3) is 0.188. The molecule has 102 valence electrons. The van der Waals surface area contributed by atoms with Gasteiger partial charge in [-0.25, -0.2) is 0 Å². The highest BCUT2D eigenvalue weighted by Crippen LogP contribution is 2.53. The molecule has 2 aromatic rings. The van der Waals surface area contributed by atoms with Gasteiger partial charge in [0.1, 0.15) is 5.41 Å². The zero-order chi connectivity index (χ0) is 14.4. The van der Waals surface area contributed by atoms with Crippen LogP contribution in [0.5, 0.6) is 0 Å². The number of carbonyl (C=O) groups is 1. The molecule has 0 N–H and O–H groups in total. The Balaban J connectivity index is 2.34. The van der Waals surface area contributed by atoms with Gasteiger partial charge in [-0.1, -0.05) is 54.6 Å². The lowest BCUT2D eigenvalue weighted by molar-refractivity contribution is -0.175. The van der Waals surface area contributed by atoms with Gasteiger partial charge in [0, 0.05) is 12.0 Å². The quantitative estimate of drug-likeness (QED) is 0.765. The van der Waals surface area contributed by atoms with Crippen molar-refractivity contribution < 1.29 is 18.0 Å². The van der Waals surface area contributed by atoms with Crippen molar-refractivity contribution in [1.29, 1.82) is 0 Å². The Labute approximate surface area is 114 Å². The Kier molecular flexibility index (Phi) is 2.71. The molecule has 20 heavy (non-hydrogen) atoms. The van der Waals surface area contributed by atoms with Gasteiger partial charge < -0.3 is 0 Å². The zero-order valence-corrected chi connectivity index (χ0v) is 10.4. The molecule has 0 heterocycles. The van der Waals surface area contributed by atoms with Crippen molar-refractivity contribution in [3.63, 3.8) is 0 Å². The van der Waals surface area contributed by atoms with Crippen LogP contribution in [0.25, 0.3) is 0 Å². The molecule has 0 spiro atoms. The summed E-state index contributed by atoms with van der Waals surface area (Å²) in [4.78, 5) is 12.0. The molecule has 0 aliphatic heterocycles. The van der Waals surface area contributed by atoms with Gasteiger partial charge in [0.2, 0.25) is 0 Å². The molecule has 0 saturated heterocycles. The van der Waals surface area contributed by atoms with Gasteiger partial charge in [-0.2, -0.15) is 13.2 Å². The lowest BCUT2D eigenvalue weighted by Crippen LogP contribution is -2.41. The first-order valence-corrected chi connectivity index (χ1v) is 6.22. The molecular formula is C16H11F3O. The van der Waals surface area contributed by atoms with Crippen molar-refractivity contribution in [3.05, 3.63) is 71.3 Å². The first-order chi connectivity index (χ1) is 9.47. The summed E-state index contributed by atoms with van der Waals surface area (Å²) < 4.78 is 41.4. The third-order valence-corrected chi connectivity index (χ3v) is 3.86. The maximum absolute atomic E-state index is 13.8. The second kappa shape index (κ2) is 4.20. The maximum Gasteiger partial charge on any atom is 0.402 e. The van der Waals surface area contributed by atoms with E-state index in [-0.39, 0.29) is 16.7 Å². The minimum Gasteiger partial charge on any atom is -0.294 e. The summed E-state index contributed by atoms with van der Waals surface area (Å²) >= 11 is 0. The predicted molar refractivity (Wildman–Crippen MR) is 68.7 cm³/mol. The lowest BCUT2D eigenvalue weighted by atomic mass is 9.75. The smallest absolute Gasteiger partial charge is 0.294 e. The SMILES string of the molecule is O=C1CC(c2ccccc2)(C(F)(F)F)c2ccccc21. The molecular weight excluding hydrogens is 265 g/mol. The number of rotatable bonds is 1. The van der Waals surface area contributed by atoms with Crippen molar-refractivity contribution in [2.24, 2.45) is 0 Å². The van der Waals surface area contributed by atoms with Gasteiger partial charge in [-0.05, 0) is 11.1 Å². The molecule has 4 heteroatoms. The van der Waals surface area contributed by atoms with Crippen LogP contribution in [0.2, 0.25) is 0 Å². The number of hydrogen-bond acceptors (Lipinski definition) is 1. The zero-order valence-electron chi connectivity index (χ0n) is 10.4. The molecule has 0 fully saturated rings. The van der Waals surface area contributed by atoms with Crippen molar-refractivity contribution in [2.75, 3.05) is 0 Å². The highest BCUT2D eigenvalue weighted by molar-refractivity contribution is 6.03. The largest absolute Gasteiger partial charge is 0.402 e. The summed E-state index contributed by atoms with van der Waals surface area (Å²) in [6, 6.07) is 13.7. The number of halogens is 3. The van der Waals surface area contributed by atoms with Crippen LogP contribution in [-0.2, 0) is 5.41 Å². The van der Waals surface area contributed by atoms with Crippen LogP contribution in [0.3, 0.4) is 0 Å². The summed E-state index contributed by atoms with van der Waals surface area (Å²) in [5, 5.41) is 0. The first-order valence-electron chi connectivity index (χ1n) is 6.22. The van der Waals surface area contributed by atoms with E-state index in [0.29, 0.717) is 0 Å². The lowest BCUT2D eigenvalue weighted by Gasteiger charge is -2.32. The van der Waals surface area contributed by atoms with Gasteiger partial charge in [0.15, 0.2) is 5.78 Å². The van der Waals surface area contributed by atoms with Gasteiger partial charge >= 0.3 is 6.18 Å². The van der Waals surface area contributed by atoms with Crippen LogP contribution < -0.4 is 0 Å². The molecule has 0 radical (unpaired) electrons. The number of alkyl halides is 3. The Morgan fingerprint density at radius 3 is 2.15 bits per heavy atom. The average molecular weight is 276 g/mol. The summed E-state index contributed by atoms with van der Waals surface area (Å²) in [7, 11) is 0. The Morgan fingerprint density at radius 2 is 1.50 bits per heavy atom. The minimum atomic E-state index is -4.52. The summed E-state index contributed by atoms with van der Waals surface area (Å²) in [5.74, 6) is -0.457. The second-order valence-electron chi connectivity index (χ2n) is 4.91. The molecule has 0 amide bonds. The fourth-order valence-corrected chi connectivity index (χ4v) is 2.93. The van der Waals surface area contributed by atoms with Crippen molar-refractivity contribution in [1.82, 2.24) is 0 Å². The number of Topliss-reactive ketones (excluding diaryl/α,β-unsaturated/α-hetero) is 1. The Morgan fingerprint density at radius 1 is 0.900 bits per heavy atom. The monoisotopic (exact) mass is 276 g/mol.